The number of hydrogen-bond acceptors (Lipinski definition) is 9. The second-order valence-corrected chi connectivity index (χ2v) is 7.98. The Hall–Kier alpha value is -4.53. The molecule has 0 unspecified atom stereocenters. The standard InChI is InChI=1S/C24H20ClN7O4/c25-17-4-2-16(3-5-17)15-32-22(30-23(34)31(24(32)35)10-1-11-33)29-18-6-8-20(9-7-18)36-21-14-27-19(12-26)13-28-21/h2-9,13-14,33H,1,10-11,15H2,(H,29,30,34). The van der Waals surface area contributed by atoms with Gasteiger partial charge in [-0.25, -0.2) is 24.1 Å². The molecule has 0 spiro atoms. The maximum absolute atomic E-state index is 13.2. The van der Waals surface area contributed by atoms with Crippen LogP contribution in [-0.2, 0) is 13.1 Å². The highest BCUT2D eigenvalue weighted by molar-refractivity contribution is 6.30. The molecular formula is C24H20ClN7O4. The van der Waals surface area contributed by atoms with Gasteiger partial charge in [-0.1, -0.05) is 23.7 Å². The molecule has 4 rings (SSSR count). The first-order chi connectivity index (χ1) is 17.5. The van der Waals surface area contributed by atoms with Gasteiger partial charge in [0, 0.05) is 23.9 Å². The lowest BCUT2D eigenvalue weighted by Crippen LogP contribution is -2.42. The second-order valence-electron chi connectivity index (χ2n) is 7.55. The average Bonchev–Trinajstić information content (AvgIpc) is 2.89. The number of aliphatic hydroxyl groups is 1. The topological polar surface area (TPSA) is 148 Å². The number of ether oxygens (including phenoxy) is 1. The van der Waals surface area contributed by atoms with Crippen LogP contribution < -0.4 is 21.4 Å². The van der Waals surface area contributed by atoms with E-state index in [1.165, 1.54) is 17.0 Å². The number of hydrogen-bond donors (Lipinski definition) is 2. The lowest BCUT2D eigenvalue weighted by atomic mass is 10.2. The average molecular weight is 506 g/mol. The molecule has 2 aromatic heterocycles. The van der Waals surface area contributed by atoms with Crippen LogP contribution in [-0.4, -0.2) is 35.8 Å². The first-order valence-electron chi connectivity index (χ1n) is 10.8. The fourth-order valence-electron chi connectivity index (χ4n) is 3.24. The Labute approximate surface area is 209 Å². The van der Waals surface area contributed by atoms with Crippen molar-refractivity contribution in [2.45, 2.75) is 19.5 Å². The molecule has 2 aromatic carbocycles. The molecule has 0 radical (unpaired) electrons. The van der Waals surface area contributed by atoms with Crippen molar-refractivity contribution in [1.82, 2.24) is 24.1 Å². The van der Waals surface area contributed by atoms with Crippen LogP contribution in [0.15, 0.2) is 70.5 Å². The van der Waals surface area contributed by atoms with Gasteiger partial charge in [-0.2, -0.15) is 10.2 Å². The monoisotopic (exact) mass is 505 g/mol. The maximum atomic E-state index is 13.2. The Morgan fingerprint density at radius 3 is 2.42 bits per heavy atom. The van der Waals surface area contributed by atoms with Gasteiger partial charge in [0.1, 0.15) is 11.8 Å². The van der Waals surface area contributed by atoms with Gasteiger partial charge in [-0.05, 0) is 48.4 Å². The fourth-order valence-corrected chi connectivity index (χ4v) is 3.37. The number of nitriles is 1. The van der Waals surface area contributed by atoms with Crippen molar-refractivity contribution >= 4 is 23.2 Å². The zero-order chi connectivity index (χ0) is 25.5. The Bertz CT molecular complexity index is 1490. The van der Waals surface area contributed by atoms with Crippen molar-refractivity contribution < 1.29 is 9.84 Å². The molecule has 0 atom stereocenters. The predicted octanol–water partition coefficient (Wildman–Crippen LogP) is 2.69. The van der Waals surface area contributed by atoms with Crippen LogP contribution in [0.2, 0.25) is 5.02 Å². The molecule has 0 aliphatic heterocycles. The molecule has 182 valence electrons. The van der Waals surface area contributed by atoms with E-state index in [1.807, 2.05) is 6.07 Å². The number of benzene rings is 2. The van der Waals surface area contributed by atoms with Crippen LogP contribution in [0.1, 0.15) is 17.7 Å². The summed E-state index contributed by atoms with van der Waals surface area (Å²) in [5.41, 5.74) is 0.240. The minimum Gasteiger partial charge on any atom is -0.438 e. The molecule has 36 heavy (non-hydrogen) atoms. The number of nitrogens with zero attached hydrogens (tertiary/aromatic N) is 6. The second kappa shape index (κ2) is 11.3. The predicted molar refractivity (Wildman–Crippen MR) is 132 cm³/mol. The minimum atomic E-state index is -0.720. The molecule has 0 saturated carbocycles. The number of halogens is 1. The zero-order valence-corrected chi connectivity index (χ0v) is 19.6. The van der Waals surface area contributed by atoms with E-state index in [4.69, 9.17) is 26.7 Å². The van der Waals surface area contributed by atoms with Gasteiger partial charge in [0.2, 0.25) is 11.8 Å². The van der Waals surface area contributed by atoms with Gasteiger partial charge in [0.25, 0.3) is 0 Å². The van der Waals surface area contributed by atoms with Crippen molar-refractivity contribution in [3.05, 3.63) is 98.2 Å². The molecular weight excluding hydrogens is 486 g/mol. The van der Waals surface area contributed by atoms with Gasteiger partial charge < -0.3 is 15.2 Å². The quantitative estimate of drug-likeness (QED) is 0.350. The van der Waals surface area contributed by atoms with E-state index in [2.05, 4.69) is 20.3 Å². The first kappa shape index (κ1) is 24.6. The highest BCUT2D eigenvalue weighted by Crippen LogP contribution is 2.22. The lowest BCUT2D eigenvalue weighted by Gasteiger charge is -2.16. The highest BCUT2D eigenvalue weighted by Gasteiger charge is 2.14. The van der Waals surface area contributed by atoms with Crippen molar-refractivity contribution in [3.63, 3.8) is 0 Å². The van der Waals surface area contributed by atoms with E-state index < -0.39 is 11.4 Å². The van der Waals surface area contributed by atoms with Gasteiger partial charge >= 0.3 is 11.4 Å². The van der Waals surface area contributed by atoms with Crippen molar-refractivity contribution in [3.8, 4) is 17.7 Å². The van der Waals surface area contributed by atoms with Crippen LogP contribution in [0, 0.1) is 11.3 Å². The Morgan fingerprint density at radius 1 is 1.03 bits per heavy atom. The SMILES string of the molecule is N#Cc1cnc(Oc2ccc(Nc3nc(=O)n(CCCO)c(=O)n3Cc3ccc(Cl)cc3)cc2)cn1. The Kier molecular flexibility index (Phi) is 7.69. The van der Waals surface area contributed by atoms with E-state index in [0.717, 1.165) is 10.1 Å². The van der Waals surface area contributed by atoms with E-state index in [9.17, 15) is 9.59 Å². The van der Waals surface area contributed by atoms with Crippen LogP contribution in [0.3, 0.4) is 0 Å². The molecule has 0 amide bonds. The third-order valence-electron chi connectivity index (χ3n) is 5.02. The van der Waals surface area contributed by atoms with Crippen molar-refractivity contribution in [2.24, 2.45) is 0 Å². The van der Waals surface area contributed by atoms with Crippen LogP contribution >= 0.6 is 11.6 Å². The van der Waals surface area contributed by atoms with Crippen LogP contribution in [0.5, 0.6) is 11.6 Å². The summed E-state index contributed by atoms with van der Waals surface area (Å²) in [5, 5.41) is 21.5. The summed E-state index contributed by atoms with van der Waals surface area (Å²) in [6, 6.07) is 15.5. The molecule has 0 saturated heterocycles. The zero-order valence-electron chi connectivity index (χ0n) is 18.8. The number of anilines is 2. The number of rotatable bonds is 9. The van der Waals surface area contributed by atoms with Gasteiger partial charge in [0.05, 0.1) is 18.9 Å². The molecule has 4 aromatic rings. The molecule has 0 aliphatic carbocycles. The van der Waals surface area contributed by atoms with Crippen molar-refractivity contribution in [2.75, 3.05) is 11.9 Å². The van der Waals surface area contributed by atoms with Crippen LogP contribution in [0.4, 0.5) is 11.6 Å². The lowest BCUT2D eigenvalue weighted by molar-refractivity contribution is 0.276. The van der Waals surface area contributed by atoms with Gasteiger partial charge in [0.15, 0.2) is 5.69 Å². The van der Waals surface area contributed by atoms with Gasteiger partial charge in [-0.3, -0.25) is 4.57 Å². The summed E-state index contributed by atoms with van der Waals surface area (Å²) in [6.45, 7) is 0.0289. The number of aliphatic hydroxyl groups excluding tert-OH is 1. The summed E-state index contributed by atoms with van der Waals surface area (Å²) in [4.78, 5) is 37.7. The van der Waals surface area contributed by atoms with Crippen molar-refractivity contribution in [1.29, 1.82) is 5.26 Å². The summed E-state index contributed by atoms with van der Waals surface area (Å²) in [5.74, 6) is 0.747. The Balaban J connectivity index is 1.60. The van der Waals surface area contributed by atoms with E-state index >= 15 is 0 Å². The highest BCUT2D eigenvalue weighted by atomic mass is 35.5. The summed E-state index contributed by atoms with van der Waals surface area (Å²) < 4.78 is 7.96. The summed E-state index contributed by atoms with van der Waals surface area (Å²) in [6.07, 6.45) is 2.89. The first-order valence-corrected chi connectivity index (χ1v) is 11.2. The molecule has 11 nitrogen and oxygen atoms in total. The van der Waals surface area contributed by atoms with E-state index in [-0.39, 0.29) is 43.6 Å². The summed E-state index contributed by atoms with van der Waals surface area (Å²) >= 11 is 5.97. The molecule has 0 aliphatic rings. The maximum Gasteiger partial charge on any atom is 0.354 e. The van der Waals surface area contributed by atoms with Gasteiger partial charge in [-0.15, -0.1) is 0 Å². The minimum absolute atomic E-state index is 0.0480. The smallest absolute Gasteiger partial charge is 0.354 e. The normalized spacial score (nSPS) is 10.6. The van der Waals surface area contributed by atoms with E-state index in [1.54, 1.807) is 48.5 Å². The van der Waals surface area contributed by atoms with E-state index in [0.29, 0.717) is 16.5 Å². The Morgan fingerprint density at radius 2 is 1.78 bits per heavy atom. The fraction of sp³-hybridized carbons (Fsp3) is 0.167. The largest absolute Gasteiger partial charge is 0.438 e. The molecule has 12 heteroatoms. The molecule has 2 N–H and O–H groups in total. The molecule has 0 bridgehead atoms. The molecule has 0 fully saturated rings. The molecule has 2 heterocycles. The third-order valence-corrected chi connectivity index (χ3v) is 5.27. The van der Waals surface area contributed by atoms with Crippen LogP contribution in [0.25, 0.3) is 0 Å². The number of aromatic nitrogens is 5. The third kappa shape index (κ3) is 5.93. The summed E-state index contributed by atoms with van der Waals surface area (Å²) in [7, 11) is 0. The number of nitrogens with one attached hydrogen (secondary N) is 1.